The number of hydrogen-bond acceptors (Lipinski definition) is 7. The molecular weight excluding hydrogens is 467 g/mol. The number of carbonyl (C=O) groups excluding carboxylic acids is 2. The Balaban J connectivity index is 2.01. The van der Waals surface area contributed by atoms with Gasteiger partial charge in [0, 0.05) is 43.1 Å². The lowest BCUT2D eigenvalue weighted by Crippen LogP contribution is -2.25. The summed E-state index contributed by atoms with van der Waals surface area (Å²) in [7, 11) is 0.433. The molecule has 34 heavy (non-hydrogen) atoms. The van der Waals surface area contributed by atoms with Crippen molar-refractivity contribution in [2.45, 2.75) is 18.9 Å². The molecule has 0 saturated heterocycles. The maximum absolute atomic E-state index is 13.5. The zero-order valence-electron chi connectivity index (χ0n) is 19.0. The summed E-state index contributed by atoms with van der Waals surface area (Å²) in [5.41, 5.74) is 1.67. The molecule has 0 bridgehead atoms. The van der Waals surface area contributed by atoms with Crippen molar-refractivity contribution >= 4 is 38.6 Å². The van der Waals surface area contributed by atoms with Gasteiger partial charge in [-0.2, -0.15) is 0 Å². The van der Waals surface area contributed by atoms with Crippen LogP contribution in [-0.2, 0) is 26.0 Å². The highest BCUT2D eigenvalue weighted by atomic mass is 32.2. The number of nitrogens with one attached hydrogen (secondary N) is 1. The van der Waals surface area contributed by atoms with Crippen LogP contribution < -0.4 is 14.4 Å². The number of nitrogens with zero attached hydrogens (tertiary/aromatic N) is 1. The molecule has 1 N–H and O–H groups in total. The van der Waals surface area contributed by atoms with E-state index in [-0.39, 0.29) is 41.2 Å². The summed E-state index contributed by atoms with van der Waals surface area (Å²) >= 11 is 0. The van der Waals surface area contributed by atoms with Gasteiger partial charge in [-0.1, -0.05) is 0 Å². The fourth-order valence-corrected chi connectivity index (χ4v) is 4.50. The molecule has 0 aliphatic carbocycles. The van der Waals surface area contributed by atoms with E-state index in [1.165, 1.54) is 51.5 Å². The molecule has 3 aromatic rings. The lowest BCUT2D eigenvalue weighted by molar-refractivity contribution is -0.142. The molecule has 0 radical (unpaired) electrons. The van der Waals surface area contributed by atoms with E-state index >= 15 is 0 Å². The van der Waals surface area contributed by atoms with Gasteiger partial charge in [0.15, 0.2) is 0 Å². The summed E-state index contributed by atoms with van der Waals surface area (Å²) in [6.07, 6.45) is 0.583. The number of methoxy groups -OCH3 is 1. The van der Waals surface area contributed by atoms with Crippen LogP contribution in [-0.4, -0.2) is 53.9 Å². The number of sulfonamides is 1. The number of fused-ring (bicyclic) bond motifs is 3. The van der Waals surface area contributed by atoms with Crippen LogP contribution in [0.1, 0.15) is 22.3 Å². The normalized spacial score (nSPS) is 15.0. The summed E-state index contributed by atoms with van der Waals surface area (Å²) in [5.74, 6) is -0.935. The van der Waals surface area contributed by atoms with E-state index in [9.17, 15) is 22.4 Å². The van der Waals surface area contributed by atoms with Gasteiger partial charge in [0.05, 0.1) is 31.0 Å². The first-order chi connectivity index (χ1) is 16.0. The highest BCUT2D eigenvalue weighted by molar-refractivity contribution is 7.92. The van der Waals surface area contributed by atoms with Gasteiger partial charge in [0.1, 0.15) is 29.0 Å². The number of halogens is 1. The van der Waals surface area contributed by atoms with Gasteiger partial charge in [0.2, 0.25) is 10.0 Å². The Bertz CT molecular complexity index is 1400. The SMILES string of the molecule is CNC(=O)c1c(-c2ccc(F)cc2)oc2cc(N(C)S(C)(=O)=O)c3c(c12)CC(CC(=O)OC)O3. The molecule has 0 saturated carbocycles. The number of hydrogen-bond donors (Lipinski definition) is 1. The van der Waals surface area contributed by atoms with Gasteiger partial charge in [-0.25, -0.2) is 12.8 Å². The molecule has 1 amide bonds. The highest BCUT2D eigenvalue weighted by Gasteiger charge is 2.36. The number of anilines is 1. The van der Waals surface area contributed by atoms with Crippen molar-refractivity contribution in [2.24, 2.45) is 0 Å². The van der Waals surface area contributed by atoms with Crippen molar-refractivity contribution in [3.05, 3.63) is 47.3 Å². The van der Waals surface area contributed by atoms with Crippen molar-refractivity contribution in [2.75, 3.05) is 31.8 Å². The number of furan rings is 1. The van der Waals surface area contributed by atoms with Gasteiger partial charge in [-0.15, -0.1) is 0 Å². The number of ether oxygens (including phenoxy) is 2. The minimum atomic E-state index is -3.67. The molecule has 1 aliphatic heterocycles. The maximum atomic E-state index is 13.5. The van der Waals surface area contributed by atoms with Crippen LogP contribution in [0.15, 0.2) is 34.7 Å². The number of benzene rings is 2. The topological polar surface area (TPSA) is 115 Å². The van der Waals surface area contributed by atoms with Crippen LogP contribution in [0.4, 0.5) is 10.1 Å². The third kappa shape index (κ3) is 4.07. The molecule has 2 aromatic carbocycles. The molecule has 11 heteroatoms. The smallest absolute Gasteiger partial charge is 0.309 e. The van der Waals surface area contributed by atoms with E-state index in [0.717, 1.165) is 10.6 Å². The number of esters is 1. The first-order valence-electron chi connectivity index (χ1n) is 10.3. The zero-order valence-corrected chi connectivity index (χ0v) is 19.8. The quantitative estimate of drug-likeness (QED) is 0.529. The van der Waals surface area contributed by atoms with Crippen molar-refractivity contribution in [3.8, 4) is 17.1 Å². The van der Waals surface area contributed by atoms with Crippen LogP contribution in [0.2, 0.25) is 0 Å². The van der Waals surface area contributed by atoms with Gasteiger partial charge in [0.25, 0.3) is 5.91 Å². The highest BCUT2D eigenvalue weighted by Crippen LogP contribution is 2.48. The fourth-order valence-electron chi connectivity index (χ4n) is 4.01. The summed E-state index contributed by atoms with van der Waals surface area (Å²) in [6, 6.07) is 6.95. The second kappa shape index (κ2) is 8.64. The van der Waals surface area contributed by atoms with E-state index in [1.807, 2.05) is 0 Å². The van der Waals surface area contributed by atoms with Crippen molar-refractivity contribution in [1.29, 1.82) is 0 Å². The Morgan fingerprint density at radius 2 is 1.94 bits per heavy atom. The van der Waals surface area contributed by atoms with Crippen molar-refractivity contribution < 1.29 is 36.3 Å². The second-order valence-corrected chi connectivity index (χ2v) is 9.94. The maximum Gasteiger partial charge on any atom is 0.309 e. The predicted molar refractivity (Wildman–Crippen MR) is 123 cm³/mol. The molecule has 1 aliphatic rings. The van der Waals surface area contributed by atoms with Gasteiger partial charge < -0.3 is 19.2 Å². The molecular formula is C23H23FN2O7S. The molecule has 9 nitrogen and oxygen atoms in total. The van der Waals surface area contributed by atoms with Crippen LogP contribution in [0.5, 0.6) is 5.75 Å². The van der Waals surface area contributed by atoms with E-state index < -0.39 is 33.8 Å². The zero-order chi connectivity index (χ0) is 24.8. The molecule has 1 unspecified atom stereocenters. The lowest BCUT2D eigenvalue weighted by atomic mass is 9.97. The second-order valence-electron chi connectivity index (χ2n) is 7.92. The molecule has 1 atom stereocenters. The first-order valence-corrected chi connectivity index (χ1v) is 12.2. The van der Waals surface area contributed by atoms with Crippen molar-refractivity contribution in [3.63, 3.8) is 0 Å². The van der Waals surface area contributed by atoms with Crippen LogP contribution in [0, 0.1) is 5.82 Å². The van der Waals surface area contributed by atoms with E-state index in [4.69, 9.17) is 13.9 Å². The summed E-state index contributed by atoms with van der Waals surface area (Å²) in [6.45, 7) is 0. The van der Waals surface area contributed by atoms with Gasteiger partial charge in [-0.3, -0.25) is 13.9 Å². The minimum absolute atomic E-state index is 0.0628. The number of rotatable bonds is 6. The largest absolute Gasteiger partial charge is 0.487 e. The molecule has 180 valence electrons. The van der Waals surface area contributed by atoms with Crippen LogP contribution in [0.25, 0.3) is 22.3 Å². The Morgan fingerprint density at radius 3 is 2.53 bits per heavy atom. The molecule has 0 spiro atoms. The average molecular weight is 491 g/mol. The molecule has 1 aromatic heterocycles. The Hall–Kier alpha value is -3.60. The van der Waals surface area contributed by atoms with E-state index in [0.29, 0.717) is 16.5 Å². The minimum Gasteiger partial charge on any atom is -0.487 e. The number of amides is 1. The Labute approximate surface area is 195 Å². The third-order valence-electron chi connectivity index (χ3n) is 5.75. The Morgan fingerprint density at radius 1 is 1.26 bits per heavy atom. The molecule has 4 rings (SSSR count). The average Bonchev–Trinajstić information content (AvgIpc) is 3.38. The van der Waals surface area contributed by atoms with Gasteiger partial charge in [-0.05, 0) is 24.3 Å². The first kappa shape index (κ1) is 23.6. The van der Waals surface area contributed by atoms with E-state index in [2.05, 4.69) is 5.32 Å². The Kier molecular flexibility index (Phi) is 5.98. The summed E-state index contributed by atoms with van der Waals surface area (Å²) in [4.78, 5) is 24.8. The molecule has 2 heterocycles. The monoisotopic (exact) mass is 490 g/mol. The van der Waals surface area contributed by atoms with Gasteiger partial charge >= 0.3 is 5.97 Å². The predicted octanol–water partition coefficient (Wildman–Crippen LogP) is 2.86. The fraction of sp³-hybridized carbons (Fsp3) is 0.304. The molecule has 0 fully saturated rings. The third-order valence-corrected chi connectivity index (χ3v) is 6.94. The van der Waals surface area contributed by atoms with Crippen LogP contribution >= 0.6 is 0 Å². The standard InChI is InChI=1S/C23H23FN2O7S/c1-25-23(28)20-19-15-9-14(10-18(27)31-3)32-22(15)16(26(2)34(4,29)30)11-17(19)33-21(20)12-5-7-13(24)8-6-12/h5-8,11,14H,9-10H2,1-4H3,(H,25,28). The number of carbonyl (C=O) groups is 2. The summed E-state index contributed by atoms with van der Waals surface area (Å²) < 4.78 is 56.0. The van der Waals surface area contributed by atoms with E-state index in [1.54, 1.807) is 0 Å². The lowest BCUT2D eigenvalue weighted by Gasteiger charge is -2.20. The van der Waals surface area contributed by atoms with Crippen molar-refractivity contribution in [1.82, 2.24) is 5.32 Å². The summed E-state index contributed by atoms with van der Waals surface area (Å²) in [5, 5.41) is 3.03. The van der Waals surface area contributed by atoms with Crippen LogP contribution in [0.3, 0.4) is 0 Å².